The Bertz CT molecular complexity index is 614. The quantitative estimate of drug-likeness (QED) is 0.907. The van der Waals surface area contributed by atoms with Crippen molar-refractivity contribution < 1.29 is 14.3 Å². The summed E-state index contributed by atoms with van der Waals surface area (Å²) in [5, 5.41) is 3.33. The van der Waals surface area contributed by atoms with Crippen LogP contribution in [-0.4, -0.2) is 48.0 Å². The highest BCUT2D eigenvalue weighted by atomic mass is 35.5. The Hall–Kier alpha value is -1.66. The molecule has 1 aromatic heterocycles. The number of halogens is 1. The fraction of sp³-hybridized carbons (Fsp3) is 0.588. The second-order valence-corrected chi connectivity index (χ2v) is 7.24. The van der Waals surface area contributed by atoms with Gasteiger partial charge in [0.2, 0.25) is 11.8 Å². The highest BCUT2D eigenvalue weighted by Gasteiger charge is 2.42. The summed E-state index contributed by atoms with van der Waals surface area (Å²) in [6, 6.07) is 3.35. The van der Waals surface area contributed by atoms with Crippen molar-refractivity contribution in [2.45, 2.75) is 26.2 Å². The van der Waals surface area contributed by atoms with E-state index in [1.807, 2.05) is 11.8 Å². The van der Waals surface area contributed by atoms with Crippen LogP contribution in [0.3, 0.4) is 0 Å². The Balaban J connectivity index is 1.61. The van der Waals surface area contributed by atoms with E-state index >= 15 is 0 Å². The third-order valence-electron chi connectivity index (χ3n) is 4.79. The van der Waals surface area contributed by atoms with Gasteiger partial charge in [-0.3, -0.25) is 9.59 Å². The highest BCUT2D eigenvalue weighted by molar-refractivity contribution is 6.30. The number of hydrogen-bond acceptors (Lipinski definition) is 4. The van der Waals surface area contributed by atoms with E-state index in [2.05, 4.69) is 10.3 Å². The number of carbonyl (C=O) groups is 2. The molecule has 1 aromatic rings. The number of aromatic nitrogens is 1. The van der Waals surface area contributed by atoms with Crippen LogP contribution in [0.4, 0.5) is 5.82 Å². The van der Waals surface area contributed by atoms with Crippen LogP contribution < -0.4 is 5.32 Å². The molecule has 2 aliphatic heterocycles. The van der Waals surface area contributed by atoms with E-state index in [1.54, 1.807) is 12.1 Å². The van der Waals surface area contributed by atoms with E-state index < -0.39 is 5.41 Å². The lowest BCUT2D eigenvalue weighted by molar-refractivity contribution is -0.144. The Morgan fingerprint density at radius 3 is 2.96 bits per heavy atom. The SMILES string of the molecule is C[C@]1(C(=O)N2CCC[C@H](C(=O)Nc3ccc(Cl)cn3)C2)CCOC1. The lowest BCUT2D eigenvalue weighted by atomic mass is 9.86. The number of amides is 2. The standard InChI is InChI=1S/C17H22ClN3O3/c1-17(6-8-24-11-17)16(23)21-7-2-3-12(10-21)15(22)20-14-5-4-13(18)9-19-14/h4-5,9,12H,2-3,6-8,10-11H2,1H3,(H,19,20,22)/t12-,17-/m0/s1. The van der Waals surface area contributed by atoms with Crippen LogP contribution >= 0.6 is 11.6 Å². The van der Waals surface area contributed by atoms with Crippen LogP contribution in [0.25, 0.3) is 0 Å². The molecule has 0 radical (unpaired) electrons. The van der Waals surface area contributed by atoms with Crippen molar-refractivity contribution in [3.05, 3.63) is 23.4 Å². The lowest BCUT2D eigenvalue weighted by Crippen LogP contribution is -2.49. The van der Waals surface area contributed by atoms with Gasteiger partial charge >= 0.3 is 0 Å². The summed E-state index contributed by atoms with van der Waals surface area (Å²) in [7, 11) is 0. The van der Waals surface area contributed by atoms with Gasteiger partial charge in [-0.1, -0.05) is 11.6 Å². The number of hydrogen-bond donors (Lipinski definition) is 1. The van der Waals surface area contributed by atoms with Crippen molar-refractivity contribution in [1.29, 1.82) is 0 Å². The molecular formula is C17H22ClN3O3. The molecule has 1 N–H and O–H groups in total. The molecule has 3 heterocycles. The number of anilines is 1. The molecule has 2 amide bonds. The van der Waals surface area contributed by atoms with Gasteiger partial charge in [-0.2, -0.15) is 0 Å². The zero-order valence-electron chi connectivity index (χ0n) is 13.8. The van der Waals surface area contributed by atoms with E-state index in [1.165, 1.54) is 6.20 Å². The normalized spacial score (nSPS) is 27.1. The average molecular weight is 352 g/mol. The van der Waals surface area contributed by atoms with Crippen molar-refractivity contribution in [3.8, 4) is 0 Å². The molecule has 6 nitrogen and oxygen atoms in total. The number of rotatable bonds is 3. The molecular weight excluding hydrogens is 330 g/mol. The average Bonchev–Trinajstić information content (AvgIpc) is 3.04. The lowest BCUT2D eigenvalue weighted by Gasteiger charge is -2.36. The Morgan fingerprint density at radius 2 is 2.29 bits per heavy atom. The summed E-state index contributed by atoms with van der Waals surface area (Å²) in [5.74, 6) is 0.257. The number of ether oxygens (including phenoxy) is 1. The summed E-state index contributed by atoms with van der Waals surface area (Å²) in [4.78, 5) is 31.1. The Labute approximate surface area is 146 Å². The van der Waals surface area contributed by atoms with E-state index in [4.69, 9.17) is 16.3 Å². The molecule has 2 aliphatic rings. The third-order valence-corrected chi connectivity index (χ3v) is 5.02. The number of carbonyl (C=O) groups excluding carboxylic acids is 2. The summed E-state index contributed by atoms with van der Waals surface area (Å²) < 4.78 is 5.39. The number of pyridine rings is 1. The fourth-order valence-corrected chi connectivity index (χ4v) is 3.38. The number of piperidine rings is 1. The monoisotopic (exact) mass is 351 g/mol. The van der Waals surface area contributed by atoms with Gasteiger partial charge in [-0.15, -0.1) is 0 Å². The molecule has 3 rings (SSSR count). The number of likely N-dealkylation sites (tertiary alicyclic amines) is 1. The van der Waals surface area contributed by atoms with Gasteiger partial charge in [-0.25, -0.2) is 4.98 Å². The van der Waals surface area contributed by atoms with Gasteiger partial charge in [0.15, 0.2) is 0 Å². The van der Waals surface area contributed by atoms with Crippen LogP contribution in [-0.2, 0) is 14.3 Å². The smallest absolute Gasteiger partial charge is 0.230 e. The molecule has 0 saturated carbocycles. The van der Waals surface area contributed by atoms with Crippen LogP contribution in [0.15, 0.2) is 18.3 Å². The zero-order chi connectivity index (χ0) is 17.2. The van der Waals surface area contributed by atoms with Crippen molar-refractivity contribution in [3.63, 3.8) is 0 Å². The first-order valence-electron chi connectivity index (χ1n) is 8.27. The van der Waals surface area contributed by atoms with E-state index in [9.17, 15) is 9.59 Å². The maximum absolute atomic E-state index is 12.8. The van der Waals surface area contributed by atoms with Gasteiger partial charge < -0.3 is 15.0 Å². The van der Waals surface area contributed by atoms with Crippen molar-refractivity contribution in [2.24, 2.45) is 11.3 Å². The van der Waals surface area contributed by atoms with E-state index in [-0.39, 0.29) is 17.7 Å². The minimum atomic E-state index is -0.448. The minimum absolute atomic E-state index is 0.0992. The minimum Gasteiger partial charge on any atom is -0.380 e. The Kier molecular flexibility index (Phi) is 5.06. The zero-order valence-corrected chi connectivity index (χ0v) is 14.5. The molecule has 2 saturated heterocycles. The van der Waals surface area contributed by atoms with E-state index in [0.29, 0.717) is 37.1 Å². The Morgan fingerprint density at radius 1 is 1.46 bits per heavy atom. The first-order valence-corrected chi connectivity index (χ1v) is 8.65. The predicted molar refractivity (Wildman–Crippen MR) is 90.7 cm³/mol. The van der Waals surface area contributed by atoms with Crippen molar-refractivity contribution in [2.75, 3.05) is 31.6 Å². The first-order chi connectivity index (χ1) is 11.5. The molecule has 0 aromatic carbocycles. The molecule has 7 heteroatoms. The van der Waals surface area contributed by atoms with Crippen LogP contribution in [0, 0.1) is 11.3 Å². The molecule has 2 fully saturated rings. The summed E-state index contributed by atoms with van der Waals surface area (Å²) in [6.45, 7) is 4.20. The molecule has 130 valence electrons. The number of nitrogens with zero attached hydrogens (tertiary/aromatic N) is 2. The van der Waals surface area contributed by atoms with Gasteiger partial charge in [0.05, 0.1) is 23.0 Å². The first kappa shape index (κ1) is 17.2. The molecule has 0 spiro atoms. The molecule has 2 atom stereocenters. The van der Waals surface area contributed by atoms with Crippen LogP contribution in [0.2, 0.25) is 5.02 Å². The topological polar surface area (TPSA) is 71.5 Å². The molecule has 0 unspecified atom stereocenters. The summed E-state index contributed by atoms with van der Waals surface area (Å²) >= 11 is 5.80. The van der Waals surface area contributed by atoms with E-state index in [0.717, 1.165) is 19.3 Å². The second-order valence-electron chi connectivity index (χ2n) is 6.80. The second kappa shape index (κ2) is 7.07. The molecule has 0 bridgehead atoms. The largest absolute Gasteiger partial charge is 0.380 e. The van der Waals surface area contributed by atoms with Gasteiger partial charge in [0, 0.05) is 25.9 Å². The summed E-state index contributed by atoms with van der Waals surface area (Å²) in [5.41, 5.74) is -0.448. The van der Waals surface area contributed by atoms with Crippen molar-refractivity contribution in [1.82, 2.24) is 9.88 Å². The maximum Gasteiger partial charge on any atom is 0.230 e. The van der Waals surface area contributed by atoms with Gasteiger partial charge in [0.1, 0.15) is 5.82 Å². The predicted octanol–water partition coefficient (Wildman–Crippen LogP) is 2.34. The van der Waals surface area contributed by atoms with Crippen molar-refractivity contribution >= 4 is 29.2 Å². The molecule has 0 aliphatic carbocycles. The third kappa shape index (κ3) is 3.70. The van der Waals surface area contributed by atoms with Gasteiger partial charge in [-0.05, 0) is 38.3 Å². The van der Waals surface area contributed by atoms with Crippen LogP contribution in [0.1, 0.15) is 26.2 Å². The molecule has 24 heavy (non-hydrogen) atoms. The maximum atomic E-state index is 12.8. The number of nitrogens with one attached hydrogen (secondary N) is 1. The van der Waals surface area contributed by atoms with Crippen LogP contribution in [0.5, 0.6) is 0 Å². The van der Waals surface area contributed by atoms with Gasteiger partial charge in [0.25, 0.3) is 0 Å². The highest BCUT2D eigenvalue weighted by Crippen LogP contribution is 2.32. The fourth-order valence-electron chi connectivity index (χ4n) is 3.27. The summed E-state index contributed by atoms with van der Waals surface area (Å²) in [6.07, 6.45) is 3.84.